The van der Waals surface area contributed by atoms with E-state index in [-0.39, 0.29) is 13.2 Å². The molecule has 4 N–H and O–H groups in total. The molecular formula is C15H22N2O2. The Morgan fingerprint density at radius 1 is 0.842 bits per heavy atom. The van der Waals surface area contributed by atoms with Crippen LogP contribution in [-0.2, 0) is 19.3 Å². The highest BCUT2D eigenvalue weighted by Gasteiger charge is 2.11. The lowest BCUT2D eigenvalue weighted by atomic mass is 10.0. The lowest BCUT2D eigenvalue weighted by Gasteiger charge is -2.03. The summed E-state index contributed by atoms with van der Waals surface area (Å²) in [7, 11) is 0. The number of H-pyrrole nitrogens is 2. The first kappa shape index (κ1) is 13.9. The predicted molar refractivity (Wildman–Crippen MR) is 75.4 cm³/mol. The summed E-state index contributed by atoms with van der Waals surface area (Å²) < 4.78 is 0. The number of aromatic nitrogens is 2. The number of aromatic amines is 2. The largest absolute Gasteiger partial charge is 0.396 e. The van der Waals surface area contributed by atoms with Crippen LogP contribution in [0.25, 0.3) is 0 Å². The third kappa shape index (κ3) is 2.91. The molecule has 0 bridgehead atoms. The first-order chi connectivity index (χ1) is 9.17. The van der Waals surface area contributed by atoms with Gasteiger partial charge in [0.1, 0.15) is 0 Å². The Hall–Kier alpha value is -1.52. The van der Waals surface area contributed by atoms with Crippen LogP contribution in [0.5, 0.6) is 0 Å². The van der Waals surface area contributed by atoms with Crippen molar-refractivity contribution in [2.75, 3.05) is 13.2 Å². The fourth-order valence-electron chi connectivity index (χ4n) is 2.47. The van der Waals surface area contributed by atoms with Crippen molar-refractivity contribution in [1.29, 1.82) is 0 Å². The molecule has 104 valence electrons. The van der Waals surface area contributed by atoms with Gasteiger partial charge in [-0.05, 0) is 48.9 Å². The van der Waals surface area contributed by atoms with E-state index in [1.165, 1.54) is 33.6 Å². The zero-order valence-electron chi connectivity index (χ0n) is 11.6. The normalized spacial score (nSPS) is 11.2. The Balaban J connectivity index is 2.17. The molecule has 2 heterocycles. The second-order valence-corrected chi connectivity index (χ2v) is 4.96. The van der Waals surface area contributed by atoms with E-state index in [2.05, 4.69) is 23.8 Å². The molecular weight excluding hydrogens is 240 g/mol. The highest BCUT2D eigenvalue weighted by molar-refractivity contribution is 5.37. The van der Waals surface area contributed by atoms with Gasteiger partial charge in [0.15, 0.2) is 0 Å². The topological polar surface area (TPSA) is 72.0 Å². The standard InChI is InChI=1S/C15H22N2O2/c1-10-12(3-5-18)8-16-14(10)7-15-11(2)13(4-6-19)9-17-15/h8-9,16-19H,3-7H2,1-2H3. The van der Waals surface area contributed by atoms with Gasteiger partial charge in [0.25, 0.3) is 0 Å². The van der Waals surface area contributed by atoms with Crippen LogP contribution in [0.1, 0.15) is 33.6 Å². The third-order valence-electron chi connectivity index (χ3n) is 3.83. The van der Waals surface area contributed by atoms with Gasteiger partial charge in [-0.15, -0.1) is 0 Å². The molecule has 0 aliphatic heterocycles. The van der Waals surface area contributed by atoms with Crippen LogP contribution in [0, 0.1) is 13.8 Å². The van der Waals surface area contributed by atoms with E-state index in [1.54, 1.807) is 0 Å². The minimum absolute atomic E-state index is 0.181. The summed E-state index contributed by atoms with van der Waals surface area (Å²) in [6.45, 7) is 4.54. The summed E-state index contributed by atoms with van der Waals surface area (Å²) in [4.78, 5) is 6.59. The first-order valence-corrected chi connectivity index (χ1v) is 6.70. The van der Waals surface area contributed by atoms with E-state index in [9.17, 15) is 0 Å². The van der Waals surface area contributed by atoms with Crippen molar-refractivity contribution in [3.8, 4) is 0 Å². The Kier molecular flexibility index (Phi) is 4.45. The first-order valence-electron chi connectivity index (χ1n) is 6.70. The van der Waals surface area contributed by atoms with Gasteiger partial charge in [-0.25, -0.2) is 0 Å². The summed E-state index contributed by atoms with van der Waals surface area (Å²) in [5.41, 5.74) is 7.18. The van der Waals surface area contributed by atoms with Crippen LogP contribution in [0.3, 0.4) is 0 Å². The van der Waals surface area contributed by atoms with E-state index in [1.807, 2.05) is 12.4 Å². The van der Waals surface area contributed by atoms with Crippen molar-refractivity contribution >= 4 is 0 Å². The van der Waals surface area contributed by atoms with Gasteiger partial charge in [-0.3, -0.25) is 0 Å². The minimum atomic E-state index is 0.181. The van der Waals surface area contributed by atoms with Crippen molar-refractivity contribution in [2.45, 2.75) is 33.1 Å². The molecule has 0 amide bonds. The minimum Gasteiger partial charge on any atom is -0.396 e. The molecule has 0 saturated heterocycles. The molecule has 2 aromatic rings. The van der Waals surface area contributed by atoms with Crippen LogP contribution in [0.2, 0.25) is 0 Å². The van der Waals surface area contributed by atoms with Gasteiger partial charge in [-0.1, -0.05) is 0 Å². The number of aliphatic hydroxyl groups is 2. The fraction of sp³-hybridized carbons (Fsp3) is 0.467. The van der Waals surface area contributed by atoms with E-state index in [0.717, 1.165) is 6.42 Å². The highest BCUT2D eigenvalue weighted by atomic mass is 16.3. The van der Waals surface area contributed by atoms with Crippen molar-refractivity contribution in [1.82, 2.24) is 9.97 Å². The van der Waals surface area contributed by atoms with E-state index in [4.69, 9.17) is 10.2 Å². The van der Waals surface area contributed by atoms with Crippen molar-refractivity contribution in [3.05, 3.63) is 46.0 Å². The number of hydrogen-bond acceptors (Lipinski definition) is 2. The van der Waals surface area contributed by atoms with Gasteiger partial charge in [-0.2, -0.15) is 0 Å². The van der Waals surface area contributed by atoms with Crippen molar-refractivity contribution < 1.29 is 10.2 Å². The number of aliphatic hydroxyl groups excluding tert-OH is 2. The molecule has 4 nitrogen and oxygen atoms in total. The number of nitrogens with one attached hydrogen (secondary N) is 2. The number of rotatable bonds is 6. The molecule has 19 heavy (non-hydrogen) atoms. The summed E-state index contributed by atoms with van der Waals surface area (Å²) >= 11 is 0. The third-order valence-corrected chi connectivity index (χ3v) is 3.83. The van der Waals surface area contributed by atoms with E-state index < -0.39 is 0 Å². The van der Waals surface area contributed by atoms with Gasteiger partial charge in [0.05, 0.1) is 0 Å². The maximum Gasteiger partial charge on any atom is 0.0472 e. The van der Waals surface area contributed by atoms with E-state index >= 15 is 0 Å². The molecule has 2 aromatic heterocycles. The zero-order chi connectivity index (χ0) is 13.8. The summed E-state index contributed by atoms with van der Waals surface area (Å²) in [6, 6.07) is 0. The predicted octanol–water partition coefficient (Wildman–Crippen LogP) is 1.62. The van der Waals surface area contributed by atoms with Crippen molar-refractivity contribution in [2.24, 2.45) is 0 Å². The molecule has 0 saturated carbocycles. The smallest absolute Gasteiger partial charge is 0.0472 e. The lowest BCUT2D eigenvalue weighted by molar-refractivity contribution is 0.299. The number of hydrogen-bond donors (Lipinski definition) is 4. The second-order valence-electron chi connectivity index (χ2n) is 4.96. The van der Waals surface area contributed by atoms with Gasteiger partial charge in [0, 0.05) is 43.4 Å². The molecule has 0 aromatic carbocycles. The maximum atomic E-state index is 9.01. The Morgan fingerprint density at radius 3 is 1.63 bits per heavy atom. The maximum absolute atomic E-state index is 9.01. The quantitative estimate of drug-likeness (QED) is 0.639. The monoisotopic (exact) mass is 262 g/mol. The van der Waals surface area contributed by atoms with Crippen LogP contribution in [0.15, 0.2) is 12.4 Å². The average molecular weight is 262 g/mol. The second kappa shape index (κ2) is 6.08. The molecule has 4 heteroatoms. The molecule has 0 aliphatic rings. The van der Waals surface area contributed by atoms with Gasteiger partial charge >= 0.3 is 0 Å². The SMILES string of the molecule is Cc1c(CCO)c[nH]c1Cc1[nH]cc(CCO)c1C. The molecule has 0 aliphatic carbocycles. The van der Waals surface area contributed by atoms with Crippen LogP contribution < -0.4 is 0 Å². The van der Waals surface area contributed by atoms with Gasteiger partial charge < -0.3 is 20.2 Å². The Bertz CT molecular complexity index is 492. The molecule has 0 spiro atoms. The highest BCUT2D eigenvalue weighted by Crippen LogP contribution is 2.20. The molecule has 0 unspecified atom stereocenters. The van der Waals surface area contributed by atoms with Crippen molar-refractivity contribution in [3.63, 3.8) is 0 Å². The summed E-state index contributed by atoms with van der Waals surface area (Å²) in [5.74, 6) is 0. The Labute approximate surface area is 113 Å². The molecule has 2 rings (SSSR count). The zero-order valence-corrected chi connectivity index (χ0v) is 11.6. The fourth-order valence-corrected chi connectivity index (χ4v) is 2.47. The van der Waals surface area contributed by atoms with Crippen LogP contribution in [0.4, 0.5) is 0 Å². The van der Waals surface area contributed by atoms with E-state index in [0.29, 0.717) is 12.8 Å². The lowest BCUT2D eigenvalue weighted by Crippen LogP contribution is -1.96. The molecule has 0 fully saturated rings. The summed E-state index contributed by atoms with van der Waals surface area (Å²) in [5, 5.41) is 18.0. The average Bonchev–Trinajstić information content (AvgIpc) is 2.90. The molecule has 0 radical (unpaired) electrons. The van der Waals surface area contributed by atoms with Crippen LogP contribution in [-0.4, -0.2) is 33.4 Å². The van der Waals surface area contributed by atoms with Gasteiger partial charge in [0.2, 0.25) is 0 Å². The van der Waals surface area contributed by atoms with Crippen LogP contribution >= 0.6 is 0 Å². The molecule has 0 atom stereocenters. The Morgan fingerprint density at radius 2 is 1.26 bits per heavy atom. The summed E-state index contributed by atoms with van der Waals surface area (Å²) in [6.07, 6.45) is 6.18.